The quantitative estimate of drug-likeness (QED) is 0.624. The van der Waals surface area contributed by atoms with E-state index in [1.807, 2.05) is 48.7 Å². The molecular weight excluding hydrogens is 382 g/mol. The van der Waals surface area contributed by atoms with Crippen molar-refractivity contribution in [3.8, 4) is 11.4 Å². The highest BCUT2D eigenvalue weighted by Crippen LogP contribution is 2.29. The molecule has 1 aliphatic heterocycles. The molecule has 4 rings (SSSR count). The number of carbonyl (C=O) groups is 1. The van der Waals surface area contributed by atoms with Crippen LogP contribution in [0.15, 0.2) is 70.7 Å². The Kier molecular flexibility index (Phi) is 5.27. The Morgan fingerprint density at radius 2 is 1.90 bits per heavy atom. The van der Waals surface area contributed by atoms with E-state index in [2.05, 4.69) is 46.9 Å². The van der Waals surface area contributed by atoms with Crippen LogP contribution in [0.2, 0.25) is 0 Å². The van der Waals surface area contributed by atoms with Crippen LogP contribution in [0, 0.1) is 13.8 Å². The summed E-state index contributed by atoms with van der Waals surface area (Å²) in [6.07, 6.45) is 3.91. The minimum Gasteiger partial charge on any atom is -0.497 e. The molecule has 1 saturated heterocycles. The van der Waals surface area contributed by atoms with E-state index in [-0.39, 0.29) is 5.91 Å². The zero-order valence-corrected chi connectivity index (χ0v) is 17.3. The molecule has 29 heavy (non-hydrogen) atoms. The minimum absolute atomic E-state index is 0.143. The first-order valence-electron chi connectivity index (χ1n) is 9.22. The molecule has 2 aromatic carbocycles. The zero-order chi connectivity index (χ0) is 20.4. The maximum absolute atomic E-state index is 12.5. The molecule has 0 unspecified atom stereocenters. The van der Waals surface area contributed by atoms with E-state index in [1.165, 1.54) is 22.9 Å². The number of hydrogen-bond acceptors (Lipinski definition) is 4. The van der Waals surface area contributed by atoms with Gasteiger partial charge in [-0.05, 0) is 79.7 Å². The van der Waals surface area contributed by atoms with E-state index < -0.39 is 0 Å². The summed E-state index contributed by atoms with van der Waals surface area (Å²) in [7, 11) is 1.62. The number of hydrogen-bond donors (Lipinski definition) is 1. The lowest BCUT2D eigenvalue weighted by Crippen LogP contribution is -2.19. The summed E-state index contributed by atoms with van der Waals surface area (Å²) in [5, 5.41) is 3.40. The number of amidine groups is 1. The average Bonchev–Trinajstić information content (AvgIpc) is 3.29. The predicted octanol–water partition coefficient (Wildman–Crippen LogP) is 4.99. The smallest absolute Gasteiger partial charge is 0.264 e. The number of aliphatic imine (C=N–C) groups is 1. The Bertz CT molecular complexity index is 1130. The molecule has 1 aromatic heterocycles. The fourth-order valence-electron chi connectivity index (χ4n) is 3.20. The van der Waals surface area contributed by atoms with Gasteiger partial charge in [0.1, 0.15) is 5.75 Å². The zero-order valence-electron chi connectivity index (χ0n) is 16.5. The van der Waals surface area contributed by atoms with Crippen molar-refractivity contribution in [2.75, 3.05) is 7.11 Å². The molecule has 1 amide bonds. The van der Waals surface area contributed by atoms with Gasteiger partial charge in [0.15, 0.2) is 5.17 Å². The van der Waals surface area contributed by atoms with Crippen molar-refractivity contribution in [1.82, 2.24) is 9.88 Å². The molecule has 2 heterocycles. The number of methoxy groups -OCH3 is 1. The summed E-state index contributed by atoms with van der Waals surface area (Å²) >= 11 is 1.34. The number of rotatable bonds is 4. The first kappa shape index (κ1) is 19.1. The largest absolute Gasteiger partial charge is 0.497 e. The predicted molar refractivity (Wildman–Crippen MR) is 119 cm³/mol. The highest BCUT2D eigenvalue weighted by molar-refractivity contribution is 8.18. The fourth-order valence-corrected chi connectivity index (χ4v) is 4.02. The Labute approximate surface area is 174 Å². The second kappa shape index (κ2) is 8.01. The second-order valence-corrected chi connectivity index (χ2v) is 7.80. The van der Waals surface area contributed by atoms with Crippen molar-refractivity contribution in [3.63, 3.8) is 0 Å². The van der Waals surface area contributed by atoms with E-state index in [0.717, 1.165) is 22.8 Å². The number of ether oxygens (including phenoxy) is 1. The van der Waals surface area contributed by atoms with Gasteiger partial charge in [-0.25, -0.2) is 4.99 Å². The van der Waals surface area contributed by atoms with Crippen LogP contribution < -0.4 is 10.1 Å². The topological polar surface area (TPSA) is 55.6 Å². The van der Waals surface area contributed by atoms with Crippen molar-refractivity contribution in [2.24, 2.45) is 4.99 Å². The number of amides is 1. The molecule has 1 aliphatic rings. The molecule has 3 aromatic rings. The number of nitrogens with one attached hydrogen (secondary N) is 1. The third kappa shape index (κ3) is 4.12. The number of thioether (sulfide) groups is 1. The molecule has 0 saturated carbocycles. The molecule has 0 aliphatic carbocycles. The summed E-state index contributed by atoms with van der Waals surface area (Å²) in [5.74, 6) is 0.625. The van der Waals surface area contributed by atoms with Crippen molar-refractivity contribution < 1.29 is 9.53 Å². The summed E-state index contributed by atoms with van der Waals surface area (Å²) in [6, 6.07) is 17.7. The Balaban J connectivity index is 1.60. The number of benzene rings is 2. The van der Waals surface area contributed by atoms with E-state index in [0.29, 0.717) is 10.1 Å². The SMILES string of the molecule is COc1ccc(N=C2NC(=O)/C(=C\c3cccn3-c3ccc(C)cc3C)S2)cc1. The van der Waals surface area contributed by atoms with Crippen LogP contribution in [0.1, 0.15) is 16.8 Å². The number of carbonyl (C=O) groups excluding carboxylic acids is 1. The van der Waals surface area contributed by atoms with Gasteiger partial charge in [-0.15, -0.1) is 0 Å². The normalized spacial score (nSPS) is 16.4. The van der Waals surface area contributed by atoms with E-state index in [4.69, 9.17) is 4.74 Å². The minimum atomic E-state index is -0.143. The van der Waals surface area contributed by atoms with Crippen LogP contribution in [-0.4, -0.2) is 22.8 Å². The average molecular weight is 404 g/mol. The Morgan fingerprint density at radius 3 is 2.62 bits per heavy atom. The summed E-state index contributed by atoms with van der Waals surface area (Å²) < 4.78 is 7.25. The lowest BCUT2D eigenvalue weighted by Gasteiger charge is -2.11. The second-order valence-electron chi connectivity index (χ2n) is 6.77. The first-order valence-corrected chi connectivity index (χ1v) is 10.0. The highest BCUT2D eigenvalue weighted by Gasteiger charge is 2.24. The van der Waals surface area contributed by atoms with Crippen LogP contribution in [-0.2, 0) is 4.79 Å². The molecule has 146 valence electrons. The summed E-state index contributed by atoms with van der Waals surface area (Å²) in [5.41, 5.74) is 5.21. The highest BCUT2D eigenvalue weighted by atomic mass is 32.2. The van der Waals surface area contributed by atoms with Gasteiger partial charge in [-0.2, -0.15) is 0 Å². The molecule has 0 spiro atoms. The Hall–Kier alpha value is -3.25. The van der Waals surface area contributed by atoms with Crippen LogP contribution in [0.3, 0.4) is 0 Å². The monoisotopic (exact) mass is 403 g/mol. The van der Waals surface area contributed by atoms with Crippen LogP contribution in [0.5, 0.6) is 5.75 Å². The third-order valence-electron chi connectivity index (χ3n) is 4.63. The summed E-state index contributed by atoms with van der Waals surface area (Å²) in [6.45, 7) is 4.18. The molecule has 0 atom stereocenters. The maximum Gasteiger partial charge on any atom is 0.264 e. The van der Waals surface area contributed by atoms with Crippen molar-refractivity contribution >= 4 is 34.6 Å². The van der Waals surface area contributed by atoms with Gasteiger partial charge in [0.2, 0.25) is 0 Å². The molecule has 5 nitrogen and oxygen atoms in total. The van der Waals surface area contributed by atoms with Crippen molar-refractivity contribution in [1.29, 1.82) is 0 Å². The fraction of sp³-hybridized carbons (Fsp3) is 0.130. The van der Waals surface area contributed by atoms with Gasteiger partial charge < -0.3 is 14.6 Å². The van der Waals surface area contributed by atoms with Crippen molar-refractivity contribution in [2.45, 2.75) is 13.8 Å². The summed E-state index contributed by atoms with van der Waals surface area (Å²) in [4.78, 5) is 17.6. The van der Waals surface area contributed by atoms with E-state index in [9.17, 15) is 4.79 Å². The lowest BCUT2D eigenvalue weighted by atomic mass is 10.1. The van der Waals surface area contributed by atoms with Gasteiger partial charge in [0.05, 0.1) is 17.7 Å². The standard InChI is InChI=1S/C23H21N3O2S/c1-15-6-11-20(16(2)13-15)26-12-4-5-18(26)14-21-22(27)25-23(29-21)24-17-7-9-19(28-3)10-8-17/h4-14H,1-3H3,(H,24,25,27)/b21-14+. The maximum atomic E-state index is 12.5. The Morgan fingerprint density at radius 1 is 1.10 bits per heavy atom. The molecular formula is C23H21N3O2S. The van der Waals surface area contributed by atoms with Gasteiger partial charge in [-0.3, -0.25) is 4.79 Å². The van der Waals surface area contributed by atoms with Gasteiger partial charge in [-0.1, -0.05) is 17.7 Å². The molecule has 6 heteroatoms. The van der Waals surface area contributed by atoms with Crippen LogP contribution >= 0.6 is 11.8 Å². The number of aromatic nitrogens is 1. The van der Waals surface area contributed by atoms with Crippen LogP contribution in [0.25, 0.3) is 11.8 Å². The van der Waals surface area contributed by atoms with Crippen molar-refractivity contribution in [3.05, 3.63) is 82.5 Å². The molecule has 1 N–H and O–H groups in total. The van der Waals surface area contributed by atoms with Gasteiger partial charge in [0.25, 0.3) is 5.91 Å². The number of nitrogens with zero attached hydrogens (tertiary/aromatic N) is 2. The number of aryl methyl sites for hydroxylation is 2. The van der Waals surface area contributed by atoms with Gasteiger partial charge >= 0.3 is 0 Å². The lowest BCUT2D eigenvalue weighted by molar-refractivity contribution is -0.115. The van der Waals surface area contributed by atoms with Crippen LogP contribution in [0.4, 0.5) is 5.69 Å². The molecule has 0 radical (unpaired) electrons. The first-order chi connectivity index (χ1) is 14.0. The third-order valence-corrected chi connectivity index (χ3v) is 5.53. The van der Waals surface area contributed by atoms with E-state index >= 15 is 0 Å². The van der Waals surface area contributed by atoms with E-state index in [1.54, 1.807) is 7.11 Å². The van der Waals surface area contributed by atoms with Gasteiger partial charge in [0, 0.05) is 17.6 Å². The molecule has 1 fully saturated rings. The molecule has 0 bridgehead atoms.